The SMILES string of the molecule is O=[N+]([O-])c1ccc(Cl)cc1Cn1ccc2c(F)cccc21. The normalized spacial score (nSPS) is 11.0. The maximum atomic E-state index is 13.7. The molecule has 4 nitrogen and oxygen atoms in total. The first kappa shape index (κ1) is 13.6. The van der Waals surface area contributed by atoms with Crippen LogP contribution >= 0.6 is 11.6 Å². The van der Waals surface area contributed by atoms with Gasteiger partial charge in [0.15, 0.2) is 0 Å². The molecule has 0 bridgehead atoms. The highest BCUT2D eigenvalue weighted by atomic mass is 35.5. The Hall–Kier alpha value is -2.40. The van der Waals surface area contributed by atoms with Crippen molar-refractivity contribution >= 4 is 28.2 Å². The highest BCUT2D eigenvalue weighted by Gasteiger charge is 2.15. The summed E-state index contributed by atoms with van der Waals surface area (Å²) in [6, 6.07) is 10.8. The molecule has 106 valence electrons. The van der Waals surface area contributed by atoms with E-state index in [9.17, 15) is 14.5 Å². The summed E-state index contributed by atoms with van der Waals surface area (Å²) in [5, 5.41) is 12.0. The van der Waals surface area contributed by atoms with Crippen LogP contribution in [0.2, 0.25) is 5.02 Å². The van der Waals surface area contributed by atoms with E-state index < -0.39 is 4.92 Å². The van der Waals surface area contributed by atoms with Gasteiger partial charge in [-0.25, -0.2) is 4.39 Å². The zero-order valence-electron chi connectivity index (χ0n) is 10.8. The number of nitrogens with zero attached hydrogens (tertiary/aromatic N) is 2. The molecule has 0 radical (unpaired) electrons. The lowest BCUT2D eigenvalue weighted by atomic mass is 10.1. The molecule has 3 aromatic rings. The minimum atomic E-state index is -0.446. The number of hydrogen-bond donors (Lipinski definition) is 0. The summed E-state index contributed by atoms with van der Waals surface area (Å²) in [5.41, 5.74) is 1.16. The van der Waals surface area contributed by atoms with Crippen molar-refractivity contribution in [1.29, 1.82) is 0 Å². The van der Waals surface area contributed by atoms with E-state index in [4.69, 9.17) is 11.6 Å². The molecule has 0 aliphatic carbocycles. The van der Waals surface area contributed by atoms with Crippen molar-refractivity contribution in [3.05, 3.63) is 75.2 Å². The predicted molar refractivity (Wildman–Crippen MR) is 79.1 cm³/mol. The molecule has 3 rings (SSSR count). The molecule has 0 N–H and O–H groups in total. The fraction of sp³-hybridized carbons (Fsp3) is 0.0667. The Morgan fingerprint density at radius 3 is 2.81 bits per heavy atom. The van der Waals surface area contributed by atoms with E-state index in [1.54, 1.807) is 35.0 Å². The number of rotatable bonds is 3. The van der Waals surface area contributed by atoms with Crippen molar-refractivity contribution in [3.63, 3.8) is 0 Å². The van der Waals surface area contributed by atoms with Gasteiger partial charge in [0.05, 0.1) is 22.5 Å². The standard InChI is InChI=1S/C15H10ClFN2O2/c16-11-4-5-14(19(20)21)10(8-11)9-18-7-6-12-13(17)2-1-3-15(12)18/h1-8H,9H2. The number of aromatic nitrogens is 1. The summed E-state index contributed by atoms with van der Waals surface area (Å²) in [5.74, 6) is -0.313. The zero-order valence-corrected chi connectivity index (χ0v) is 11.5. The summed E-state index contributed by atoms with van der Waals surface area (Å²) >= 11 is 5.91. The van der Waals surface area contributed by atoms with Crippen LogP contribution in [-0.4, -0.2) is 9.49 Å². The largest absolute Gasteiger partial charge is 0.343 e. The molecule has 0 aliphatic rings. The number of fused-ring (bicyclic) bond motifs is 1. The zero-order chi connectivity index (χ0) is 15.0. The highest BCUT2D eigenvalue weighted by Crippen LogP contribution is 2.26. The van der Waals surface area contributed by atoms with Crippen LogP contribution in [0.3, 0.4) is 0 Å². The molecule has 1 aromatic heterocycles. The second-order valence-electron chi connectivity index (χ2n) is 4.65. The van der Waals surface area contributed by atoms with E-state index in [2.05, 4.69) is 0 Å². The van der Waals surface area contributed by atoms with E-state index in [1.807, 2.05) is 0 Å². The van der Waals surface area contributed by atoms with Gasteiger partial charge in [-0.05, 0) is 30.3 Å². The second kappa shape index (κ2) is 5.18. The maximum absolute atomic E-state index is 13.7. The van der Waals surface area contributed by atoms with E-state index in [0.29, 0.717) is 21.5 Å². The topological polar surface area (TPSA) is 48.1 Å². The lowest BCUT2D eigenvalue weighted by molar-refractivity contribution is -0.385. The number of hydrogen-bond acceptors (Lipinski definition) is 2. The average molecular weight is 305 g/mol. The lowest BCUT2D eigenvalue weighted by Gasteiger charge is -2.07. The van der Waals surface area contributed by atoms with Gasteiger partial charge >= 0.3 is 0 Å². The van der Waals surface area contributed by atoms with Crippen molar-refractivity contribution < 1.29 is 9.31 Å². The van der Waals surface area contributed by atoms with Crippen molar-refractivity contribution in [2.45, 2.75) is 6.54 Å². The molecule has 21 heavy (non-hydrogen) atoms. The van der Waals surface area contributed by atoms with Crippen LogP contribution in [0.4, 0.5) is 10.1 Å². The van der Waals surface area contributed by atoms with Crippen molar-refractivity contribution in [3.8, 4) is 0 Å². The molecule has 0 saturated heterocycles. The second-order valence-corrected chi connectivity index (χ2v) is 5.08. The van der Waals surface area contributed by atoms with Crippen molar-refractivity contribution in [2.24, 2.45) is 0 Å². The summed E-state index contributed by atoms with van der Waals surface area (Å²) in [6.07, 6.45) is 1.71. The summed E-state index contributed by atoms with van der Waals surface area (Å²) < 4.78 is 15.4. The van der Waals surface area contributed by atoms with Crippen molar-refractivity contribution in [2.75, 3.05) is 0 Å². The van der Waals surface area contributed by atoms with Crippen LogP contribution in [0, 0.1) is 15.9 Å². The number of nitro groups is 1. The highest BCUT2D eigenvalue weighted by molar-refractivity contribution is 6.30. The Bertz CT molecular complexity index is 845. The van der Waals surface area contributed by atoms with Gasteiger partial charge in [-0.2, -0.15) is 0 Å². The van der Waals surface area contributed by atoms with E-state index in [1.165, 1.54) is 18.2 Å². The smallest absolute Gasteiger partial charge is 0.274 e. The number of halogens is 2. The Kier molecular flexibility index (Phi) is 3.35. The Morgan fingerprint density at radius 1 is 1.24 bits per heavy atom. The maximum Gasteiger partial charge on any atom is 0.274 e. The van der Waals surface area contributed by atoms with Gasteiger partial charge in [-0.3, -0.25) is 10.1 Å². The molecular weight excluding hydrogens is 295 g/mol. The first-order chi connectivity index (χ1) is 10.1. The monoisotopic (exact) mass is 304 g/mol. The van der Waals surface area contributed by atoms with E-state index >= 15 is 0 Å². The molecule has 0 atom stereocenters. The Morgan fingerprint density at radius 2 is 2.05 bits per heavy atom. The molecule has 0 aliphatic heterocycles. The van der Waals surface area contributed by atoms with Crippen LogP contribution in [0.5, 0.6) is 0 Å². The third kappa shape index (κ3) is 2.48. The predicted octanol–water partition coefficient (Wildman–Crippen LogP) is 4.39. The molecule has 1 heterocycles. The van der Waals surface area contributed by atoms with Gasteiger partial charge in [0.2, 0.25) is 0 Å². The van der Waals surface area contributed by atoms with Crippen LogP contribution in [0.25, 0.3) is 10.9 Å². The minimum Gasteiger partial charge on any atom is -0.343 e. The minimum absolute atomic E-state index is 0.00217. The van der Waals surface area contributed by atoms with E-state index in [-0.39, 0.29) is 18.0 Å². The molecule has 0 unspecified atom stereocenters. The summed E-state index contributed by atoms with van der Waals surface area (Å²) in [4.78, 5) is 10.6. The first-order valence-electron chi connectivity index (χ1n) is 6.22. The molecule has 0 spiro atoms. The molecular formula is C15H10ClFN2O2. The molecule has 6 heteroatoms. The fourth-order valence-electron chi connectivity index (χ4n) is 2.37. The van der Waals surface area contributed by atoms with Gasteiger partial charge in [-0.1, -0.05) is 17.7 Å². The van der Waals surface area contributed by atoms with Gasteiger partial charge in [-0.15, -0.1) is 0 Å². The molecule has 0 saturated carbocycles. The van der Waals surface area contributed by atoms with Gasteiger partial charge in [0.1, 0.15) is 5.82 Å². The lowest BCUT2D eigenvalue weighted by Crippen LogP contribution is -2.02. The van der Waals surface area contributed by atoms with E-state index in [0.717, 1.165) is 0 Å². The fourth-order valence-corrected chi connectivity index (χ4v) is 2.56. The Balaban J connectivity index is 2.09. The van der Waals surface area contributed by atoms with Crippen LogP contribution in [0.15, 0.2) is 48.7 Å². The summed E-state index contributed by atoms with van der Waals surface area (Å²) in [7, 11) is 0. The number of nitro benzene ring substituents is 1. The molecule has 0 fully saturated rings. The molecule has 2 aromatic carbocycles. The first-order valence-corrected chi connectivity index (χ1v) is 6.60. The Labute approximate surface area is 124 Å². The third-order valence-corrected chi connectivity index (χ3v) is 3.57. The molecule has 0 amide bonds. The van der Waals surface area contributed by atoms with Gasteiger partial charge in [0.25, 0.3) is 5.69 Å². The van der Waals surface area contributed by atoms with Gasteiger partial charge in [0, 0.05) is 22.7 Å². The van der Waals surface area contributed by atoms with Crippen LogP contribution in [0.1, 0.15) is 5.56 Å². The van der Waals surface area contributed by atoms with Crippen LogP contribution < -0.4 is 0 Å². The van der Waals surface area contributed by atoms with Crippen LogP contribution in [-0.2, 0) is 6.54 Å². The quantitative estimate of drug-likeness (QED) is 0.532. The van der Waals surface area contributed by atoms with Crippen molar-refractivity contribution in [1.82, 2.24) is 4.57 Å². The number of benzene rings is 2. The third-order valence-electron chi connectivity index (χ3n) is 3.34. The van der Waals surface area contributed by atoms with Gasteiger partial charge < -0.3 is 4.57 Å². The average Bonchev–Trinajstić information content (AvgIpc) is 2.83. The summed E-state index contributed by atoms with van der Waals surface area (Å²) in [6.45, 7) is 0.254.